The largest absolute Gasteiger partial charge is 0.398 e. The Morgan fingerprint density at radius 3 is 2.33 bits per heavy atom. The van der Waals surface area contributed by atoms with Crippen LogP contribution in [0.15, 0.2) is 48.5 Å². The van der Waals surface area contributed by atoms with Gasteiger partial charge in [0.2, 0.25) is 0 Å². The van der Waals surface area contributed by atoms with Gasteiger partial charge >= 0.3 is 0 Å². The lowest BCUT2D eigenvalue weighted by molar-refractivity contribution is 0.660. The Morgan fingerprint density at radius 2 is 1.57 bits per heavy atom. The van der Waals surface area contributed by atoms with Crippen molar-refractivity contribution in [3.63, 3.8) is 0 Å². The van der Waals surface area contributed by atoms with Gasteiger partial charge in [0.05, 0.1) is 0 Å². The molecular weight excluding hydrogens is 254 g/mol. The van der Waals surface area contributed by atoms with Crippen molar-refractivity contribution in [3.05, 3.63) is 65.2 Å². The molecule has 0 heterocycles. The molecule has 104 valence electrons. The molecule has 1 heteroatoms. The summed E-state index contributed by atoms with van der Waals surface area (Å²) in [5, 5.41) is 2.42. The van der Waals surface area contributed by atoms with Crippen LogP contribution in [0.4, 0.5) is 5.69 Å². The standard InChI is InChI=1S/C20H19N/c1-12-8-9-15-16(10-12)20(2,3)17-11-18(21)13-6-4-5-7-14(13)19(15)17/h4-11H,21H2,1-3H3. The van der Waals surface area contributed by atoms with E-state index in [1.165, 1.54) is 33.2 Å². The fraction of sp³-hybridized carbons (Fsp3) is 0.200. The molecule has 0 aromatic heterocycles. The molecule has 1 aliphatic rings. The van der Waals surface area contributed by atoms with Crippen molar-refractivity contribution < 1.29 is 0 Å². The summed E-state index contributed by atoms with van der Waals surface area (Å²) in [7, 11) is 0. The maximum absolute atomic E-state index is 6.32. The van der Waals surface area contributed by atoms with Gasteiger partial charge in [-0.05, 0) is 40.6 Å². The number of hydrogen-bond donors (Lipinski definition) is 1. The van der Waals surface area contributed by atoms with Crippen LogP contribution in [0.3, 0.4) is 0 Å². The van der Waals surface area contributed by atoms with Gasteiger partial charge in [-0.3, -0.25) is 0 Å². The van der Waals surface area contributed by atoms with Gasteiger partial charge in [0.25, 0.3) is 0 Å². The first-order valence-corrected chi connectivity index (χ1v) is 7.43. The smallest absolute Gasteiger partial charge is 0.0397 e. The molecule has 0 saturated heterocycles. The molecular formula is C20H19N. The van der Waals surface area contributed by atoms with Crippen LogP contribution in [-0.2, 0) is 5.41 Å². The third kappa shape index (κ3) is 1.52. The number of rotatable bonds is 0. The average molecular weight is 273 g/mol. The molecule has 0 aliphatic heterocycles. The molecule has 1 aliphatic carbocycles. The first-order chi connectivity index (χ1) is 10.00. The topological polar surface area (TPSA) is 26.0 Å². The highest BCUT2D eigenvalue weighted by Gasteiger charge is 2.36. The second kappa shape index (κ2) is 3.88. The van der Waals surface area contributed by atoms with Crippen LogP contribution in [0.25, 0.3) is 21.9 Å². The summed E-state index contributed by atoms with van der Waals surface area (Å²) in [4.78, 5) is 0. The van der Waals surface area contributed by atoms with Crippen LogP contribution in [0.5, 0.6) is 0 Å². The molecule has 0 saturated carbocycles. The minimum atomic E-state index is 0.00877. The lowest BCUT2D eigenvalue weighted by Crippen LogP contribution is -2.15. The number of aryl methyl sites for hydroxylation is 1. The van der Waals surface area contributed by atoms with E-state index in [1.807, 2.05) is 0 Å². The van der Waals surface area contributed by atoms with Crippen molar-refractivity contribution in [2.45, 2.75) is 26.2 Å². The van der Waals surface area contributed by atoms with E-state index < -0.39 is 0 Å². The summed E-state index contributed by atoms with van der Waals surface area (Å²) in [6.07, 6.45) is 0. The van der Waals surface area contributed by atoms with Gasteiger partial charge in [-0.15, -0.1) is 0 Å². The van der Waals surface area contributed by atoms with Crippen molar-refractivity contribution in [2.24, 2.45) is 0 Å². The van der Waals surface area contributed by atoms with Crippen LogP contribution in [0.2, 0.25) is 0 Å². The maximum Gasteiger partial charge on any atom is 0.0397 e. The van der Waals surface area contributed by atoms with Crippen molar-refractivity contribution in [3.8, 4) is 11.1 Å². The van der Waals surface area contributed by atoms with E-state index in [9.17, 15) is 0 Å². The Bertz CT molecular complexity index is 888. The summed E-state index contributed by atoms with van der Waals surface area (Å²) in [5.41, 5.74) is 14.0. The monoisotopic (exact) mass is 273 g/mol. The van der Waals surface area contributed by atoms with E-state index in [1.54, 1.807) is 0 Å². The second-order valence-electron chi connectivity index (χ2n) is 6.61. The minimum absolute atomic E-state index is 0.00877. The third-order valence-corrected chi connectivity index (χ3v) is 4.87. The van der Waals surface area contributed by atoms with E-state index in [0.717, 1.165) is 11.1 Å². The molecule has 0 bridgehead atoms. The van der Waals surface area contributed by atoms with Gasteiger partial charge in [-0.25, -0.2) is 0 Å². The molecule has 0 radical (unpaired) electrons. The zero-order chi connectivity index (χ0) is 14.8. The zero-order valence-electron chi connectivity index (χ0n) is 12.7. The Morgan fingerprint density at radius 1 is 0.857 bits per heavy atom. The predicted molar refractivity (Wildman–Crippen MR) is 90.7 cm³/mol. The molecule has 2 N–H and O–H groups in total. The van der Waals surface area contributed by atoms with Gasteiger partial charge in [0.1, 0.15) is 0 Å². The van der Waals surface area contributed by atoms with Crippen molar-refractivity contribution in [1.82, 2.24) is 0 Å². The third-order valence-electron chi connectivity index (χ3n) is 4.87. The van der Waals surface area contributed by atoms with Crippen LogP contribution in [0.1, 0.15) is 30.5 Å². The molecule has 0 atom stereocenters. The van der Waals surface area contributed by atoms with Gasteiger partial charge in [0, 0.05) is 16.5 Å². The second-order valence-corrected chi connectivity index (χ2v) is 6.61. The van der Waals surface area contributed by atoms with Crippen LogP contribution in [0, 0.1) is 6.92 Å². The van der Waals surface area contributed by atoms with E-state index in [4.69, 9.17) is 5.73 Å². The molecule has 21 heavy (non-hydrogen) atoms. The SMILES string of the molecule is Cc1ccc2c(c1)C(C)(C)c1cc(N)c3ccccc3c1-2. The fourth-order valence-electron chi connectivity index (χ4n) is 3.72. The highest BCUT2D eigenvalue weighted by atomic mass is 14.6. The molecule has 0 amide bonds. The molecule has 3 aromatic rings. The first kappa shape index (κ1) is 12.5. The van der Waals surface area contributed by atoms with Gasteiger partial charge < -0.3 is 5.73 Å². The molecule has 0 fully saturated rings. The maximum atomic E-state index is 6.32. The molecule has 0 spiro atoms. The summed E-state index contributed by atoms with van der Waals surface area (Å²) in [5.74, 6) is 0. The minimum Gasteiger partial charge on any atom is -0.398 e. The van der Waals surface area contributed by atoms with Gasteiger partial charge in [0.15, 0.2) is 0 Å². The van der Waals surface area contributed by atoms with Crippen LogP contribution >= 0.6 is 0 Å². The predicted octanol–water partition coefficient (Wildman–Crippen LogP) is 5.04. The highest BCUT2D eigenvalue weighted by Crippen LogP contribution is 2.52. The summed E-state index contributed by atoms with van der Waals surface area (Å²) < 4.78 is 0. The average Bonchev–Trinajstić information content (AvgIpc) is 2.68. The molecule has 0 unspecified atom stereocenters. The lowest BCUT2D eigenvalue weighted by atomic mass is 9.81. The molecule has 4 rings (SSSR count). The Labute approximate surface area is 125 Å². The Hall–Kier alpha value is -2.28. The summed E-state index contributed by atoms with van der Waals surface area (Å²) in [6.45, 7) is 6.75. The number of benzene rings is 3. The number of nitrogens with two attached hydrogens (primary N) is 1. The first-order valence-electron chi connectivity index (χ1n) is 7.43. The molecule has 1 nitrogen and oxygen atoms in total. The summed E-state index contributed by atoms with van der Waals surface area (Å²) >= 11 is 0. The fourth-order valence-corrected chi connectivity index (χ4v) is 3.72. The van der Waals surface area contributed by atoms with Crippen LogP contribution < -0.4 is 5.73 Å². The van der Waals surface area contributed by atoms with Gasteiger partial charge in [-0.2, -0.15) is 0 Å². The van der Waals surface area contributed by atoms with Crippen molar-refractivity contribution in [2.75, 3.05) is 5.73 Å². The number of anilines is 1. The molecule has 3 aromatic carbocycles. The van der Waals surface area contributed by atoms with Gasteiger partial charge in [-0.1, -0.05) is 61.9 Å². The summed E-state index contributed by atoms with van der Waals surface area (Å²) in [6, 6.07) is 17.4. The van der Waals surface area contributed by atoms with E-state index in [2.05, 4.69) is 69.3 Å². The van der Waals surface area contributed by atoms with E-state index in [-0.39, 0.29) is 5.41 Å². The quantitative estimate of drug-likeness (QED) is 0.571. The Balaban J connectivity index is 2.22. The normalized spacial score (nSPS) is 15.0. The van der Waals surface area contributed by atoms with Crippen molar-refractivity contribution in [1.29, 1.82) is 0 Å². The van der Waals surface area contributed by atoms with E-state index >= 15 is 0 Å². The lowest BCUT2D eigenvalue weighted by Gasteiger charge is -2.22. The number of fused-ring (bicyclic) bond motifs is 5. The Kier molecular flexibility index (Phi) is 2.30. The van der Waals surface area contributed by atoms with E-state index in [0.29, 0.717) is 0 Å². The highest BCUT2D eigenvalue weighted by molar-refractivity contribution is 6.07. The zero-order valence-corrected chi connectivity index (χ0v) is 12.7. The van der Waals surface area contributed by atoms with Crippen molar-refractivity contribution >= 4 is 16.5 Å². The number of hydrogen-bond acceptors (Lipinski definition) is 1. The number of nitrogen functional groups attached to an aromatic ring is 1. The van der Waals surface area contributed by atoms with Crippen LogP contribution in [-0.4, -0.2) is 0 Å².